The van der Waals surface area contributed by atoms with E-state index in [1.54, 1.807) is 0 Å². The highest BCUT2D eigenvalue weighted by Crippen LogP contribution is 2.33. The Kier molecular flexibility index (Phi) is 4.91. The van der Waals surface area contributed by atoms with Crippen molar-refractivity contribution < 1.29 is 5.11 Å². The van der Waals surface area contributed by atoms with Crippen LogP contribution < -0.4 is 5.73 Å². The number of hydrogen-bond acceptors (Lipinski definition) is 2. The number of nitrogens with two attached hydrogens (primary N) is 1. The van der Waals surface area contributed by atoms with Gasteiger partial charge in [0, 0.05) is 12.0 Å². The Bertz CT molecular complexity index is 358. The van der Waals surface area contributed by atoms with Gasteiger partial charge in [-0.15, -0.1) is 6.58 Å². The zero-order valence-electron chi connectivity index (χ0n) is 10.8. The van der Waals surface area contributed by atoms with Crippen molar-refractivity contribution in [3.05, 3.63) is 48.0 Å². The van der Waals surface area contributed by atoms with E-state index >= 15 is 0 Å². The standard InChI is InChI=1S/C15H23NO/c1-12(2)9-10-15(11-16,13(3)17)14-7-5-4-6-8-14/h4-8,13,17H,1,9-11,16H2,2-3H3. The van der Waals surface area contributed by atoms with Gasteiger partial charge in [0.05, 0.1) is 6.10 Å². The summed E-state index contributed by atoms with van der Waals surface area (Å²) in [5.74, 6) is 0. The van der Waals surface area contributed by atoms with E-state index < -0.39 is 6.10 Å². The predicted molar refractivity (Wildman–Crippen MR) is 72.9 cm³/mol. The van der Waals surface area contributed by atoms with Crippen LogP contribution in [0, 0.1) is 0 Å². The van der Waals surface area contributed by atoms with Gasteiger partial charge in [0.2, 0.25) is 0 Å². The predicted octanol–water partition coefficient (Wildman–Crippen LogP) is 2.62. The first-order valence-corrected chi connectivity index (χ1v) is 6.11. The van der Waals surface area contributed by atoms with Crippen LogP contribution in [0.5, 0.6) is 0 Å². The molecule has 94 valence electrons. The van der Waals surface area contributed by atoms with E-state index in [2.05, 4.69) is 6.58 Å². The monoisotopic (exact) mass is 233 g/mol. The summed E-state index contributed by atoms with van der Waals surface area (Å²) >= 11 is 0. The van der Waals surface area contributed by atoms with Crippen LogP contribution in [-0.4, -0.2) is 17.8 Å². The maximum atomic E-state index is 10.1. The van der Waals surface area contributed by atoms with Crippen molar-refractivity contribution >= 4 is 0 Å². The third-order valence-electron chi connectivity index (χ3n) is 3.51. The first-order chi connectivity index (χ1) is 8.03. The number of rotatable bonds is 6. The van der Waals surface area contributed by atoms with Crippen LogP contribution in [0.4, 0.5) is 0 Å². The Hall–Kier alpha value is -1.12. The minimum Gasteiger partial charge on any atom is -0.392 e. The van der Waals surface area contributed by atoms with Gasteiger partial charge in [-0.3, -0.25) is 0 Å². The number of allylic oxidation sites excluding steroid dienone is 1. The average molecular weight is 233 g/mol. The summed E-state index contributed by atoms with van der Waals surface area (Å²) in [5, 5.41) is 10.1. The van der Waals surface area contributed by atoms with Gasteiger partial charge >= 0.3 is 0 Å². The molecule has 0 radical (unpaired) electrons. The molecule has 2 nitrogen and oxygen atoms in total. The molecular formula is C15H23NO. The van der Waals surface area contributed by atoms with Crippen molar-refractivity contribution in [2.24, 2.45) is 5.73 Å². The first kappa shape index (κ1) is 13.9. The normalized spacial score (nSPS) is 16.2. The fourth-order valence-electron chi connectivity index (χ4n) is 2.19. The maximum Gasteiger partial charge on any atom is 0.0620 e. The third-order valence-corrected chi connectivity index (χ3v) is 3.51. The number of aliphatic hydroxyl groups excluding tert-OH is 1. The number of benzene rings is 1. The van der Waals surface area contributed by atoms with E-state index in [0.717, 1.165) is 24.0 Å². The number of hydrogen-bond donors (Lipinski definition) is 2. The van der Waals surface area contributed by atoms with Gasteiger partial charge in [0.15, 0.2) is 0 Å². The molecule has 0 saturated carbocycles. The van der Waals surface area contributed by atoms with E-state index in [-0.39, 0.29) is 5.41 Å². The fraction of sp³-hybridized carbons (Fsp3) is 0.467. The molecule has 2 heteroatoms. The number of aliphatic hydroxyl groups is 1. The Labute approximate surface area is 104 Å². The van der Waals surface area contributed by atoms with Crippen LogP contribution in [0.15, 0.2) is 42.5 Å². The lowest BCUT2D eigenvalue weighted by molar-refractivity contribution is 0.0944. The van der Waals surface area contributed by atoms with E-state index in [1.165, 1.54) is 0 Å². The maximum absolute atomic E-state index is 10.1. The fourth-order valence-corrected chi connectivity index (χ4v) is 2.19. The van der Waals surface area contributed by atoms with Gasteiger partial charge in [-0.2, -0.15) is 0 Å². The molecule has 3 N–H and O–H groups in total. The summed E-state index contributed by atoms with van der Waals surface area (Å²) in [6.45, 7) is 8.20. The molecule has 1 aromatic carbocycles. The largest absolute Gasteiger partial charge is 0.392 e. The van der Waals surface area contributed by atoms with E-state index in [1.807, 2.05) is 44.2 Å². The molecule has 0 spiro atoms. The minimum absolute atomic E-state index is 0.361. The molecule has 0 fully saturated rings. The molecule has 0 aliphatic rings. The van der Waals surface area contributed by atoms with Crippen LogP contribution in [-0.2, 0) is 5.41 Å². The first-order valence-electron chi connectivity index (χ1n) is 6.11. The van der Waals surface area contributed by atoms with Crippen molar-refractivity contribution in [1.29, 1.82) is 0 Å². The average Bonchev–Trinajstić information content (AvgIpc) is 2.31. The van der Waals surface area contributed by atoms with Crippen LogP contribution in [0.1, 0.15) is 32.3 Å². The SMILES string of the molecule is C=C(C)CCC(CN)(c1ccccc1)C(C)O. The molecule has 1 aromatic rings. The summed E-state index contributed by atoms with van der Waals surface area (Å²) in [4.78, 5) is 0. The highest BCUT2D eigenvalue weighted by Gasteiger charge is 2.35. The van der Waals surface area contributed by atoms with Gasteiger partial charge < -0.3 is 10.8 Å². The van der Waals surface area contributed by atoms with E-state index in [9.17, 15) is 5.11 Å². The molecule has 0 heterocycles. The molecule has 0 aliphatic heterocycles. The summed E-state index contributed by atoms with van der Waals surface area (Å²) < 4.78 is 0. The van der Waals surface area contributed by atoms with Crippen LogP contribution in [0.25, 0.3) is 0 Å². The second-order valence-corrected chi connectivity index (χ2v) is 4.86. The lowest BCUT2D eigenvalue weighted by atomic mass is 9.72. The van der Waals surface area contributed by atoms with Gasteiger partial charge in [0.1, 0.15) is 0 Å². The minimum atomic E-state index is -0.464. The molecular weight excluding hydrogens is 210 g/mol. The second kappa shape index (κ2) is 5.99. The van der Waals surface area contributed by atoms with E-state index in [0.29, 0.717) is 6.54 Å². The van der Waals surface area contributed by atoms with Crippen molar-refractivity contribution in [2.75, 3.05) is 6.54 Å². The topological polar surface area (TPSA) is 46.2 Å². The molecule has 0 bridgehead atoms. The Balaban J connectivity index is 3.04. The quantitative estimate of drug-likeness (QED) is 0.742. The lowest BCUT2D eigenvalue weighted by Gasteiger charge is -2.36. The molecule has 0 aliphatic carbocycles. The van der Waals surface area contributed by atoms with Gasteiger partial charge in [-0.05, 0) is 32.3 Å². The van der Waals surface area contributed by atoms with Gasteiger partial charge in [-0.1, -0.05) is 35.9 Å². The van der Waals surface area contributed by atoms with Gasteiger partial charge in [0.25, 0.3) is 0 Å². The third kappa shape index (κ3) is 3.18. The van der Waals surface area contributed by atoms with Crippen LogP contribution in [0.3, 0.4) is 0 Å². The summed E-state index contributed by atoms with van der Waals surface area (Å²) in [5.41, 5.74) is 7.81. The van der Waals surface area contributed by atoms with Crippen LogP contribution >= 0.6 is 0 Å². The molecule has 0 saturated heterocycles. The molecule has 0 aromatic heterocycles. The van der Waals surface area contributed by atoms with Crippen molar-refractivity contribution in [3.63, 3.8) is 0 Å². The second-order valence-electron chi connectivity index (χ2n) is 4.86. The molecule has 2 unspecified atom stereocenters. The molecule has 17 heavy (non-hydrogen) atoms. The zero-order valence-corrected chi connectivity index (χ0v) is 10.8. The highest BCUT2D eigenvalue weighted by molar-refractivity contribution is 5.28. The summed E-state index contributed by atoms with van der Waals surface area (Å²) in [6.07, 6.45) is 1.26. The highest BCUT2D eigenvalue weighted by atomic mass is 16.3. The van der Waals surface area contributed by atoms with Crippen molar-refractivity contribution in [3.8, 4) is 0 Å². The van der Waals surface area contributed by atoms with E-state index in [4.69, 9.17) is 5.73 Å². The van der Waals surface area contributed by atoms with Crippen molar-refractivity contribution in [2.45, 2.75) is 38.2 Å². The Morgan fingerprint density at radius 2 is 2.00 bits per heavy atom. The lowest BCUT2D eigenvalue weighted by Crippen LogP contribution is -2.44. The Morgan fingerprint density at radius 1 is 1.41 bits per heavy atom. The van der Waals surface area contributed by atoms with Crippen LogP contribution in [0.2, 0.25) is 0 Å². The summed E-state index contributed by atoms with van der Waals surface area (Å²) in [6, 6.07) is 10.0. The van der Waals surface area contributed by atoms with Crippen molar-refractivity contribution in [1.82, 2.24) is 0 Å². The Morgan fingerprint density at radius 3 is 2.41 bits per heavy atom. The molecule has 2 atom stereocenters. The zero-order chi connectivity index (χ0) is 12.9. The summed E-state index contributed by atoms with van der Waals surface area (Å²) in [7, 11) is 0. The smallest absolute Gasteiger partial charge is 0.0620 e. The molecule has 1 rings (SSSR count). The molecule has 0 amide bonds. The van der Waals surface area contributed by atoms with Gasteiger partial charge in [-0.25, -0.2) is 0 Å².